The van der Waals surface area contributed by atoms with E-state index in [2.05, 4.69) is 23.8 Å². The highest BCUT2D eigenvalue weighted by Gasteiger charge is 2.51. The first-order valence-corrected chi connectivity index (χ1v) is 17.7. The first-order chi connectivity index (χ1) is 22.4. The van der Waals surface area contributed by atoms with E-state index < -0.39 is 97.2 Å². The minimum absolute atomic E-state index is 0.00794. The van der Waals surface area contributed by atoms with Gasteiger partial charge >= 0.3 is 15.6 Å². The number of carbonyl (C=O) groups excluding carboxylic acids is 1. The highest BCUT2D eigenvalue weighted by Crippen LogP contribution is 2.59. The number of carbonyl (C=O) groups is 1. The third-order valence-electron chi connectivity index (χ3n) is 6.94. The number of fused-ring (bicyclic) bond motifs is 1. The summed E-state index contributed by atoms with van der Waals surface area (Å²) in [6, 6.07) is 2.74. The summed E-state index contributed by atoms with van der Waals surface area (Å²) in [5, 5.41) is 31.8. The van der Waals surface area contributed by atoms with Crippen LogP contribution < -0.4 is 25.6 Å². The fraction of sp³-hybridized carbons (Fsp3) is 0.476. The van der Waals surface area contributed by atoms with Crippen molar-refractivity contribution >= 4 is 40.5 Å². The first kappa shape index (κ1) is 36.4. The van der Waals surface area contributed by atoms with E-state index in [1.54, 1.807) is 0 Å². The molecule has 2 fully saturated rings. The summed E-state index contributed by atoms with van der Waals surface area (Å²) in [6.07, 6.45) is -9.33. The van der Waals surface area contributed by atoms with Crippen molar-refractivity contribution < 1.29 is 85.3 Å². The number of ether oxygens (including phenoxy) is 2. The van der Waals surface area contributed by atoms with Crippen LogP contribution in [-0.4, -0.2) is 100 Å². The Hall–Kier alpha value is -2.86. The zero-order valence-electron chi connectivity index (χ0n) is 23.7. The zero-order valence-corrected chi connectivity index (χ0v) is 26.4. The molecular weight excluding hydrogens is 717 g/mol. The lowest BCUT2D eigenvalue weighted by molar-refractivity contribution is -0.765. The van der Waals surface area contributed by atoms with Crippen LogP contribution in [0.1, 0.15) is 22.8 Å². The number of aromatic nitrogens is 5. The molecule has 0 bridgehead atoms. The Morgan fingerprint density at radius 2 is 1.73 bits per heavy atom. The highest BCUT2D eigenvalue weighted by atomic mass is 31.3. The molecule has 24 nitrogen and oxygen atoms in total. The van der Waals surface area contributed by atoms with Crippen LogP contribution >= 0.6 is 23.5 Å². The van der Waals surface area contributed by atoms with Gasteiger partial charge in [-0.05, 0) is 6.07 Å². The summed E-state index contributed by atoms with van der Waals surface area (Å²) in [5.41, 5.74) is 4.14. The second kappa shape index (κ2) is 13.8. The number of imidazole rings is 1. The number of rotatable bonds is 13. The molecule has 0 aromatic carbocycles. The number of nitrogens with two attached hydrogens (primary N) is 1. The van der Waals surface area contributed by atoms with E-state index in [-0.39, 0.29) is 16.7 Å². The molecule has 2 aliphatic heterocycles. The number of aromatic amines is 1. The van der Waals surface area contributed by atoms with Gasteiger partial charge in [-0.1, -0.05) is 0 Å². The summed E-state index contributed by atoms with van der Waals surface area (Å²) in [6.45, 7) is -2.18. The Kier molecular flexibility index (Phi) is 10.5. The number of amides is 1. The van der Waals surface area contributed by atoms with Gasteiger partial charge in [0.05, 0.1) is 33.7 Å². The van der Waals surface area contributed by atoms with Gasteiger partial charge in [0.1, 0.15) is 36.1 Å². The van der Waals surface area contributed by atoms with Crippen LogP contribution in [0.4, 0.5) is 0 Å². The lowest BCUT2D eigenvalue weighted by Gasteiger charge is -2.32. The molecule has 0 spiro atoms. The molecule has 264 valence electrons. The van der Waals surface area contributed by atoms with Crippen molar-refractivity contribution in [3.63, 3.8) is 0 Å². The minimum atomic E-state index is -6.15. The number of phosphoric acid groups is 3. The van der Waals surface area contributed by atoms with Gasteiger partial charge in [-0.15, -0.1) is 0 Å². The molecule has 3 aromatic heterocycles. The van der Waals surface area contributed by atoms with Crippen LogP contribution in [0.25, 0.3) is 11.2 Å². The molecule has 0 radical (unpaired) electrons. The van der Waals surface area contributed by atoms with E-state index in [4.69, 9.17) is 24.3 Å². The normalized spacial score (nSPS) is 29.3. The third-order valence-corrected chi connectivity index (χ3v) is 9.99. The molecule has 9 atom stereocenters. The molecule has 3 aromatic rings. The minimum Gasteiger partial charge on any atom is -0.789 e. The van der Waals surface area contributed by atoms with Crippen LogP contribution in [0.5, 0.6) is 0 Å². The van der Waals surface area contributed by atoms with E-state index in [1.165, 1.54) is 29.1 Å². The Balaban J connectivity index is 1.32. The number of nitrogens with zero attached hydrogens (tertiary/aromatic N) is 4. The summed E-state index contributed by atoms with van der Waals surface area (Å²) in [4.78, 5) is 75.3. The van der Waals surface area contributed by atoms with Gasteiger partial charge in [-0.3, -0.25) is 32.0 Å². The molecule has 2 saturated heterocycles. The Labute approximate surface area is 266 Å². The monoisotopic (exact) mass is 743 g/mol. The maximum atomic E-state index is 13.3. The summed E-state index contributed by atoms with van der Waals surface area (Å²) in [7, 11) is -17.0. The number of hydrogen-bond acceptors (Lipinski definition) is 18. The van der Waals surface area contributed by atoms with E-state index >= 15 is 0 Å². The predicted molar refractivity (Wildman–Crippen MR) is 144 cm³/mol. The molecule has 1 amide bonds. The standard InChI is InChI=1S/C21H27N6O18P3/c22-17(31)9-2-1-3-26(4-9)20-15(30)13(28)10(42-20)5-40-48(39,45-47(36,37)38)41-6-11-14(29)16(44-46(33,34)35)21(43-11)27-8-25-12-18(27)23-7-24-19(12)32/h1-4,7-8,10-11,13-16,20-21,28-30H,5-6H2,(H6-,22,23,24,31,32,33,34,35,36,37,38)/p-1. The van der Waals surface area contributed by atoms with Crippen LogP contribution in [0.3, 0.4) is 0 Å². The van der Waals surface area contributed by atoms with Gasteiger partial charge in [0.2, 0.25) is 0 Å². The average molecular weight is 743 g/mol. The molecule has 0 aliphatic carbocycles. The molecule has 2 aliphatic rings. The maximum Gasteiger partial charge on any atom is 0.478 e. The fourth-order valence-corrected chi connectivity index (χ4v) is 7.48. The zero-order chi connectivity index (χ0) is 35.2. The van der Waals surface area contributed by atoms with Gasteiger partial charge in [0.15, 0.2) is 35.9 Å². The molecule has 27 heteroatoms. The van der Waals surface area contributed by atoms with Gasteiger partial charge < -0.3 is 59.6 Å². The van der Waals surface area contributed by atoms with Gasteiger partial charge in [0.25, 0.3) is 17.7 Å². The molecule has 0 saturated carbocycles. The van der Waals surface area contributed by atoms with Crippen molar-refractivity contribution in [2.75, 3.05) is 13.2 Å². The summed E-state index contributed by atoms with van der Waals surface area (Å²) < 4.78 is 68.2. The molecule has 5 heterocycles. The van der Waals surface area contributed by atoms with E-state index in [1.807, 2.05) is 0 Å². The van der Waals surface area contributed by atoms with Crippen molar-refractivity contribution in [1.82, 2.24) is 19.5 Å². The fourth-order valence-electron chi connectivity index (χ4n) is 4.85. The first-order valence-electron chi connectivity index (χ1n) is 13.3. The lowest BCUT2D eigenvalue weighted by Crippen LogP contribution is -2.46. The number of phosphoric ester groups is 2. The number of pyridine rings is 1. The maximum absolute atomic E-state index is 13.3. The van der Waals surface area contributed by atoms with Gasteiger partial charge in [-0.2, -0.15) is 4.57 Å². The second-order valence-electron chi connectivity index (χ2n) is 10.2. The van der Waals surface area contributed by atoms with Crippen molar-refractivity contribution in [2.45, 2.75) is 49.1 Å². The average Bonchev–Trinajstić information content (AvgIpc) is 3.64. The summed E-state index contributed by atoms with van der Waals surface area (Å²) in [5.74, 6) is -0.820. The summed E-state index contributed by atoms with van der Waals surface area (Å²) >= 11 is 0. The number of aliphatic hydroxyl groups is 3. The quantitative estimate of drug-likeness (QED) is 0.0641. The predicted octanol–water partition coefficient (Wildman–Crippen LogP) is -4.45. The molecule has 8 N–H and O–H groups in total. The molecule has 5 rings (SSSR count). The Morgan fingerprint density at radius 3 is 2.35 bits per heavy atom. The number of nitrogens with one attached hydrogen (secondary N) is 1. The second-order valence-corrected chi connectivity index (χ2v) is 14.3. The highest BCUT2D eigenvalue weighted by molar-refractivity contribution is 7.60. The van der Waals surface area contributed by atoms with Crippen LogP contribution in [-0.2, 0) is 41.1 Å². The molecule has 9 unspecified atom stereocenters. The van der Waals surface area contributed by atoms with E-state index in [0.717, 1.165) is 17.2 Å². The van der Waals surface area contributed by atoms with Crippen LogP contribution in [0.2, 0.25) is 0 Å². The van der Waals surface area contributed by atoms with Crippen molar-refractivity contribution in [3.05, 3.63) is 53.1 Å². The van der Waals surface area contributed by atoms with Crippen molar-refractivity contribution in [1.29, 1.82) is 0 Å². The van der Waals surface area contributed by atoms with Gasteiger partial charge in [-0.25, -0.2) is 19.1 Å². The SMILES string of the molecule is NC(=O)c1ccc[n+](C2OC(COP(=O)(OCC3OC(n4cnc5c(=O)[nH]cnc54)C(OP(=O)(O)O)C3O)OP(=O)([O-])[O-])C(O)C2O)c1. The number of H-pyrrole nitrogens is 1. The molecule has 48 heavy (non-hydrogen) atoms. The molecular formula is C21H26N6O18P3-. The van der Waals surface area contributed by atoms with Crippen LogP contribution in [0, 0.1) is 0 Å². The van der Waals surface area contributed by atoms with Crippen molar-refractivity contribution in [2.24, 2.45) is 5.73 Å². The smallest absolute Gasteiger partial charge is 0.478 e. The number of aliphatic hydroxyl groups excluding tert-OH is 3. The largest absolute Gasteiger partial charge is 0.789 e. The van der Waals surface area contributed by atoms with E-state index in [9.17, 15) is 58.2 Å². The number of hydrogen-bond donors (Lipinski definition) is 7. The van der Waals surface area contributed by atoms with Crippen molar-refractivity contribution in [3.8, 4) is 0 Å². The van der Waals surface area contributed by atoms with Crippen LogP contribution in [0.15, 0.2) is 42.0 Å². The Morgan fingerprint density at radius 1 is 1.06 bits per heavy atom. The third kappa shape index (κ3) is 8.12. The lowest BCUT2D eigenvalue weighted by atomic mass is 10.1. The van der Waals surface area contributed by atoms with Gasteiger partial charge in [0, 0.05) is 6.07 Å². The van der Waals surface area contributed by atoms with E-state index in [0.29, 0.717) is 0 Å². The Bertz CT molecular complexity index is 1860. The number of primary amides is 1. The topological polar surface area (TPSA) is 364 Å².